The Morgan fingerprint density at radius 1 is 0.640 bits per heavy atom. The van der Waals surface area contributed by atoms with E-state index in [1.54, 1.807) is 0 Å². The van der Waals surface area contributed by atoms with Gasteiger partial charge in [0, 0.05) is 27.1 Å². The van der Waals surface area contributed by atoms with Gasteiger partial charge in [0.2, 0.25) is 0 Å². The second-order valence-corrected chi connectivity index (χ2v) is 7.90. The lowest BCUT2D eigenvalue weighted by Gasteiger charge is -2.21. The number of para-hydroxylation sites is 1. The van der Waals surface area contributed by atoms with Gasteiger partial charge in [0.1, 0.15) is 11.2 Å². The second kappa shape index (κ2) is 4.66. The first-order chi connectivity index (χ1) is 11.9. The smallest absolute Gasteiger partial charge is 0.178 e. The first-order valence-corrected chi connectivity index (χ1v) is 8.72. The summed E-state index contributed by atoms with van der Waals surface area (Å²) in [6.07, 6.45) is 0. The van der Waals surface area contributed by atoms with Gasteiger partial charge >= 0.3 is 0 Å². The van der Waals surface area contributed by atoms with Gasteiger partial charge in [-0.25, -0.2) is 0 Å². The lowest BCUT2D eigenvalue weighted by Crippen LogP contribution is -2.13. The van der Waals surface area contributed by atoms with Crippen molar-refractivity contribution in [2.45, 2.75) is 33.1 Å². The van der Waals surface area contributed by atoms with Crippen molar-refractivity contribution in [1.29, 1.82) is 0 Å². The molecule has 124 valence electrons. The monoisotopic (exact) mass is 328 g/mol. The van der Waals surface area contributed by atoms with E-state index in [1.807, 2.05) is 18.2 Å². The van der Waals surface area contributed by atoms with Crippen molar-refractivity contribution in [3.8, 4) is 0 Å². The molecule has 2 aromatic heterocycles. The predicted molar refractivity (Wildman–Crippen MR) is 104 cm³/mol. The third-order valence-electron chi connectivity index (χ3n) is 5.11. The third kappa shape index (κ3) is 1.91. The Balaban J connectivity index is 2.01. The molecule has 0 aliphatic rings. The van der Waals surface area contributed by atoms with Gasteiger partial charge in [-0.05, 0) is 36.1 Å². The molecule has 2 heteroatoms. The highest BCUT2D eigenvalue weighted by atomic mass is 16.4. The Labute approximate surface area is 146 Å². The Morgan fingerprint density at radius 3 is 2.00 bits per heavy atom. The zero-order valence-corrected chi connectivity index (χ0v) is 14.9. The maximum atomic E-state index is 6.44. The van der Waals surface area contributed by atoms with Crippen molar-refractivity contribution in [3.63, 3.8) is 0 Å². The predicted octanol–water partition coefficient (Wildman–Crippen LogP) is 7.09. The Bertz CT molecular complexity index is 1280. The van der Waals surface area contributed by atoms with Gasteiger partial charge in [0.25, 0.3) is 0 Å². The highest BCUT2D eigenvalue weighted by Crippen LogP contribution is 2.42. The van der Waals surface area contributed by atoms with Crippen molar-refractivity contribution in [3.05, 3.63) is 59.7 Å². The van der Waals surface area contributed by atoms with Crippen LogP contribution >= 0.6 is 0 Å². The van der Waals surface area contributed by atoms with Crippen LogP contribution in [0, 0.1) is 6.92 Å². The molecule has 0 saturated carbocycles. The summed E-state index contributed by atoms with van der Waals surface area (Å²) in [6.45, 7) is 8.86. The van der Waals surface area contributed by atoms with Gasteiger partial charge < -0.3 is 8.83 Å². The van der Waals surface area contributed by atoms with E-state index in [-0.39, 0.29) is 5.41 Å². The molecule has 3 aromatic carbocycles. The molecule has 0 amide bonds. The summed E-state index contributed by atoms with van der Waals surface area (Å²) in [5.41, 5.74) is 6.12. The third-order valence-corrected chi connectivity index (χ3v) is 5.11. The van der Waals surface area contributed by atoms with Crippen molar-refractivity contribution >= 4 is 43.9 Å². The van der Waals surface area contributed by atoms with Crippen LogP contribution in [0.15, 0.2) is 57.4 Å². The van der Waals surface area contributed by atoms with Crippen molar-refractivity contribution < 1.29 is 8.83 Å². The van der Waals surface area contributed by atoms with E-state index in [0.29, 0.717) is 0 Å². The van der Waals surface area contributed by atoms with Gasteiger partial charge in [-0.1, -0.05) is 51.1 Å². The fourth-order valence-corrected chi connectivity index (χ4v) is 4.11. The molecule has 0 N–H and O–H groups in total. The van der Waals surface area contributed by atoms with E-state index in [2.05, 4.69) is 58.0 Å². The average Bonchev–Trinajstić information content (AvgIpc) is 3.10. The average molecular weight is 328 g/mol. The van der Waals surface area contributed by atoms with Crippen LogP contribution in [0.4, 0.5) is 0 Å². The summed E-state index contributed by atoms with van der Waals surface area (Å²) in [5, 5.41) is 4.52. The summed E-state index contributed by atoms with van der Waals surface area (Å²) < 4.78 is 12.6. The summed E-state index contributed by atoms with van der Waals surface area (Å²) in [5.74, 6) is 0. The molecule has 0 unspecified atom stereocenters. The maximum absolute atomic E-state index is 6.44. The normalized spacial score (nSPS) is 12.8. The minimum atomic E-state index is 0.0183. The number of hydrogen-bond donors (Lipinski definition) is 0. The standard InChI is InChI=1S/C23H20O2/c1-13-9-10-16-17-12-11-15-14-7-5-6-8-18(14)24-21(15)22(17)25-20(16)19(13)23(2,3)4/h5-12H,1-4H3. The molecule has 0 aliphatic carbocycles. The van der Waals surface area contributed by atoms with Crippen LogP contribution < -0.4 is 0 Å². The molecule has 2 nitrogen and oxygen atoms in total. The fourth-order valence-electron chi connectivity index (χ4n) is 4.11. The molecule has 2 heterocycles. The zero-order chi connectivity index (χ0) is 17.3. The fraction of sp³-hybridized carbons (Fsp3) is 0.217. The van der Waals surface area contributed by atoms with E-state index in [0.717, 1.165) is 43.9 Å². The Morgan fingerprint density at radius 2 is 1.24 bits per heavy atom. The van der Waals surface area contributed by atoms with Gasteiger partial charge in [-0.2, -0.15) is 0 Å². The topological polar surface area (TPSA) is 26.3 Å². The number of aryl methyl sites for hydroxylation is 1. The van der Waals surface area contributed by atoms with Crippen LogP contribution in [0.25, 0.3) is 43.9 Å². The molecule has 5 rings (SSSR count). The van der Waals surface area contributed by atoms with Crippen LogP contribution in [-0.2, 0) is 5.41 Å². The Hall–Kier alpha value is -2.74. The van der Waals surface area contributed by atoms with Crippen molar-refractivity contribution in [2.24, 2.45) is 0 Å². The van der Waals surface area contributed by atoms with Crippen LogP contribution in [0.5, 0.6) is 0 Å². The second-order valence-electron chi connectivity index (χ2n) is 7.90. The minimum absolute atomic E-state index is 0.0183. The number of fused-ring (bicyclic) bond motifs is 7. The molecule has 5 aromatic rings. The van der Waals surface area contributed by atoms with Gasteiger partial charge in [0.05, 0.1) is 0 Å². The summed E-state index contributed by atoms with van der Waals surface area (Å²) in [4.78, 5) is 0. The number of benzene rings is 3. The van der Waals surface area contributed by atoms with Crippen LogP contribution in [0.1, 0.15) is 31.9 Å². The summed E-state index contributed by atoms with van der Waals surface area (Å²) in [7, 11) is 0. The molecule has 0 radical (unpaired) electrons. The summed E-state index contributed by atoms with van der Waals surface area (Å²) in [6, 6.07) is 16.8. The van der Waals surface area contributed by atoms with Crippen LogP contribution in [0.2, 0.25) is 0 Å². The molecule has 25 heavy (non-hydrogen) atoms. The van der Waals surface area contributed by atoms with E-state index >= 15 is 0 Å². The lowest BCUT2D eigenvalue weighted by molar-refractivity contribution is 0.567. The minimum Gasteiger partial charge on any atom is -0.452 e. The van der Waals surface area contributed by atoms with Crippen LogP contribution in [-0.4, -0.2) is 0 Å². The van der Waals surface area contributed by atoms with Crippen molar-refractivity contribution in [1.82, 2.24) is 0 Å². The number of rotatable bonds is 0. The molecular formula is C23H20O2. The number of hydrogen-bond acceptors (Lipinski definition) is 2. The van der Waals surface area contributed by atoms with E-state index in [1.165, 1.54) is 11.1 Å². The van der Waals surface area contributed by atoms with Gasteiger partial charge in [-0.3, -0.25) is 0 Å². The molecule has 0 fully saturated rings. The molecule has 0 saturated heterocycles. The molecule has 0 spiro atoms. The largest absolute Gasteiger partial charge is 0.452 e. The number of furan rings is 2. The van der Waals surface area contributed by atoms with Crippen molar-refractivity contribution in [2.75, 3.05) is 0 Å². The first kappa shape index (κ1) is 14.6. The van der Waals surface area contributed by atoms with E-state index in [9.17, 15) is 0 Å². The summed E-state index contributed by atoms with van der Waals surface area (Å²) >= 11 is 0. The van der Waals surface area contributed by atoms with Gasteiger partial charge in [-0.15, -0.1) is 0 Å². The SMILES string of the molecule is Cc1ccc2c(oc3c2ccc2c4ccccc4oc23)c1C(C)(C)C. The highest BCUT2D eigenvalue weighted by molar-refractivity contribution is 6.19. The Kier molecular flexibility index (Phi) is 2.72. The highest BCUT2D eigenvalue weighted by Gasteiger charge is 2.24. The maximum Gasteiger partial charge on any atom is 0.178 e. The van der Waals surface area contributed by atoms with Gasteiger partial charge in [0.15, 0.2) is 11.2 Å². The molecular weight excluding hydrogens is 308 g/mol. The van der Waals surface area contributed by atoms with E-state index < -0.39 is 0 Å². The van der Waals surface area contributed by atoms with E-state index in [4.69, 9.17) is 8.83 Å². The van der Waals surface area contributed by atoms with Crippen LogP contribution in [0.3, 0.4) is 0 Å². The molecule has 0 bridgehead atoms. The lowest BCUT2D eigenvalue weighted by atomic mass is 9.83. The molecule has 0 aliphatic heterocycles. The quantitative estimate of drug-likeness (QED) is 0.303. The molecule has 0 atom stereocenters. The zero-order valence-electron chi connectivity index (χ0n) is 14.9. The first-order valence-electron chi connectivity index (χ1n) is 8.72.